The first-order valence-electron chi connectivity index (χ1n) is 6.45. The molecule has 112 valence electrons. The maximum absolute atomic E-state index is 12.1. The molecule has 0 saturated carbocycles. The summed E-state index contributed by atoms with van der Waals surface area (Å²) in [5.74, 6) is 1.68. The standard InChI is InChI=1S/C14H11Br2N5O/c1-14(2,3)13-19-9-6(5-17)12(22)18-10-7(15)4-8(16)11(20-13)21(9)10/h4H,1-3H3,(H,19,20). The molecule has 0 unspecified atom stereocenters. The number of nitrogens with one attached hydrogen (secondary N) is 1. The number of nitriles is 1. The molecule has 8 heteroatoms. The Bertz CT molecular complexity index is 947. The summed E-state index contributed by atoms with van der Waals surface area (Å²) in [6.45, 7) is 6.01. The summed E-state index contributed by atoms with van der Waals surface area (Å²) >= 11 is 6.87. The van der Waals surface area contributed by atoms with Crippen LogP contribution < -0.4 is 10.9 Å². The third-order valence-corrected chi connectivity index (χ3v) is 4.43. The molecule has 0 atom stereocenters. The molecule has 0 aromatic carbocycles. The highest BCUT2D eigenvalue weighted by molar-refractivity contribution is 9.11. The van der Waals surface area contributed by atoms with E-state index >= 15 is 0 Å². The van der Waals surface area contributed by atoms with Gasteiger partial charge in [-0.15, -0.1) is 0 Å². The monoisotopic (exact) mass is 423 g/mol. The summed E-state index contributed by atoms with van der Waals surface area (Å²) in [6.07, 6.45) is 0. The molecule has 2 aromatic rings. The Hall–Kier alpha value is -1.72. The molecule has 1 aliphatic rings. The Morgan fingerprint density at radius 1 is 1.32 bits per heavy atom. The Kier molecular flexibility index (Phi) is 3.38. The molecule has 1 N–H and O–H groups in total. The molecule has 1 aliphatic heterocycles. The van der Waals surface area contributed by atoms with Crippen molar-refractivity contribution in [3.63, 3.8) is 0 Å². The van der Waals surface area contributed by atoms with E-state index in [1.165, 1.54) is 0 Å². The zero-order valence-corrected chi connectivity index (χ0v) is 15.2. The maximum Gasteiger partial charge on any atom is 0.293 e. The molecule has 2 aromatic heterocycles. The molecule has 0 radical (unpaired) electrons. The van der Waals surface area contributed by atoms with Crippen LogP contribution in [-0.4, -0.2) is 15.2 Å². The van der Waals surface area contributed by atoms with Gasteiger partial charge in [0.05, 0.1) is 8.95 Å². The molecular formula is C14H11Br2N5O. The predicted octanol–water partition coefficient (Wildman–Crippen LogP) is 3.59. The van der Waals surface area contributed by atoms with Crippen LogP contribution in [0.25, 0.3) is 5.65 Å². The normalized spacial score (nSPS) is 13.5. The van der Waals surface area contributed by atoms with Crippen LogP contribution >= 0.6 is 31.9 Å². The van der Waals surface area contributed by atoms with Crippen molar-refractivity contribution in [1.29, 1.82) is 5.26 Å². The van der Waals surface area contributed by atoms with Crippen molar-refractivity contribution in [2.24, 2.45) is 10.4 Å². The van der Waals surface area contributed by atoms with Crippen molar-refractivity contribution in [3.8, 4) is 6.07 Å². The zero-order chi connectivity index (χ0) is 16.2. The average molecular weight is 425 g/mol. The second kappa shape index (κ2) is 4.89. The number of aromatic nitrogens is 2. The molecule has 0 bridgehead atoms. The van der Waals surface area contributed by atoms with Crippen molar-refractivity contribution in [2.75, 3.05) is 5.32 Å². The summed E-state index contributed by atoms with van der Waals surface area (Å²) in [5.41, 5.74) is -0.438. The van der Waals surface area contributed by atoms with Crippen LogP contribution in [0.4, 0.5) is 11.6 Å². The van der Waals surface area contributed by atoms with E-state index in [9.17, 15) is 10.1 Å². The van der Waals surface area contributed by atoms with Crippen molar-refractivity contribution in [1.82, 2.24) is 9.38 Å². The molecule has 3 heterocycles. The van der Waals surface area contributed by atoms with E-state index in [-0.39, 0.29) is 11.0 Å². The van der Waals surface area contributed by atoms with Gasteiger partial charge in [-0.2, -0.15) is 10.2 Å². The molecule has 0 aliphatic carbocycles. The number of pyridine rings is 1. The van der Waals surface area contributed by atoms with Gasteiger partial charge < -0.3 is 5.32 Å². The number of hydrogen-bond acceptors (Lipinski definition) is 5. The van der Waals surface area contributed by atoms with Gasteiger partial charge in [-0.05, 0) is 37.9 Å². The van der Waals surface area contributed by atoms with Gasteiger partial charge in [0.2, 0.25) is 0 Å². The summed E-state index contributed by atoms with van der Waals surface area (Å²) in [5, 5.41) is 12.5. The topological polar surface area (TPSA) is 82.5 Å². The van der Waals surface area contributed by atoms with Gasteiger partial charge in [-0.3, -0.25) is 9.20 Å². The van der Waals surface area contributed by atoms with Gasteiger partial charge in [-0.25, -0.2) is 4.99 Å². The van der Waals surface area contributed by atoms with E-state index in [1.54, 1.807) is 10.5 Å². The third-order valence-electron chi connectivity index (χ3n) is 3.26. The smallest absolute Gasteiger partial charge is 0.293 e. The van der Waals surface area contributed by atoms with Crippen LogP contribution in [0.15, 0.2) is 24.8 Å². The van der Waals surface area contributed by atoms with E-state index < -0.39 is 5.56 Å². The molecular weight excluding hydrogens is 414 g/mol. The number of hydrogen-bond donors (Lipinski definition) is 1. The molecule has 22 heavy (non-hydrogen) atoms. The van der Waals surface area contributed by atoms with Crippen molar-refractivity contribution < 1.29 is 0 Å². The van der Waals surface area contributed by atoms with Crippen molar-refractivity contribution in [3.05, 3.63) is 30.9 Å². The average Bonchev–Trinajstić information content (AvgIpc) is 2.42. The highest BCUT2D eigenvalue weighted by Crippen LogP contribution is 2.38. The first-order valence-corrected chi connectivity index (χ1v) is 8.03. The van der Waals surface area contributed by atoms with Crippen LogP contribution in [0.2, 0.25) is 0 Å². The lowest BCUT2D eigenvalue weighted by molar-refractivity contribution is 0.587. The molecule has 3 rings (SSSR count). The SMILES string of the molecule is CC(C)(C)C1=Nc2c(Br)cc(Br)c3nc(=O)c(C#N)c(n23)N1. The fourth-order valence-corrected chi connectivity index (χ4v) is 3.46. The summed E-state index contributed by atoms with van der Waals surface area (Å²) in [4.78, 5) is 20.7. The lowest BCUT2D eigenvalue weighted by Gasteiger charge is -2.28. The minimum absolute atomic E-state index is 0.0274. The Morgan fingerprint density at radius 2 is 2.00 bits per heavy atom. The second-order valence-corrected chi connectivity index (χ2v) is 7.62. The van der Waals surface area contributed by atoms with Gasteiger partial charge in [0, 0.05) is 5.41 Å². The minimum Gasteiger partial charge on any atom is -0.328 e. The van der Waals surface area contributed by atoms with E-state index in [1.807, 2.05) is 26.8 Å². The minimum atomic E-state index is -0.561. The Morgan fingerprint density at radius 3 is 2.59 bits per heavy atom. The van der Waals surface area contributed by atoms with Gasteiger partial charge in [0.15, 0.2) is 17.0 Å². The van der Waals surface area contributed by atoms with Gasteiger partial charge >= 0.3 is 0 Å². The number of aliphatic imine (C=N–C) groups is 1. The van der Waals surface area contributed by atoms with Gasteiger partial charge in [0.25, 0.3) is 5.56 Å². The van der Waals surface area contributed by atoms with Gasteiger partial charge in [0.1, 0.15) is 17.7 Å². The maximum atomic E-state index is 12.1. The molecule has 0 saturated heterocycles. The quantitative estimate of drug-likeness (QED) is 0.700. The van der Waals surface area contributed by atoms with E-state index in [2.05, 4.69) is 47.2 Å². The first-order chi connectivity index (χ1) is 10.2. The summed E-state index contributed by atoms with van der Waals surface area (Å²) < 4.78 is 3.05. The zero-order valence-electron chi connectivity index (χ0n) is 12.0. The predicted molar refractivity (Wildman–Crippen MR) is 91.7 cm³/mol. The summed E-state index contributed by atoms with van der Waals surface area (Å²) in [7, 11) is 0. The second-order valence-electron chi connectivity index (χ2n) is 5.91. The van der Waals surface area contributed by atoms with Crippen LogP contribution in [0, 0.1) is 16.7 Å². The van der Waals surface area contributed by atoms with E-state index in [0.717, 1.165) is 4.47 Å². The number of nitrogens with zero attached hydrogens (tertiary/aromatic N) is 4. The number of amidine groups is 1. The van der Waals surface area contributed by atoms with Crippen molar-refractivity contribution in [2.45, 2.75) is 20.8 Å². The van der Waals surface area contributed by atoms with Crippen LogP contribution in [0.3, 0.4) is 0 Å². The summed E-state index contributed by atoms with van der Waals surface area (Å²) in [6, 6.07) is 3.73. The first kappa shape index (κ1) is 15.2. The largest absolute Gasteiger partial charge is 0.328 e. The molecule has 0 amide bonds. The fraction of sp³-hybridized carbons (Fsp3) is 0.286. The molecule has 6 nitrogen and oxygen atoms in total. The fourth-order valence-electron chi connectivity index (χ4n) is 2.16. The Labute approximate surface area is 143 Å². The molecule has 0 fully saturated rings. The van der Waals surface area contributed by atoms with E-state index in [4.69, 9.17) is 0 Å². The number of halogens is 2. The lowest BCUT2D eigenvalue weighted by Crippen LogP contribution is -2.33. The van der Waals surface area contributed by atoms with Crippen LogP contribution in [0.1, 0.15) is 26.3 Å². The highest BCUT2D eigenvalue weighted by atomic mass is 79.9. The number of anilines is 1. The van der Waals surface area contributed by atoms with Crippen LogP contribution in [-0.2, 0) is 0 Å². The highest BCUT2D eigenvalue weighted by Gasteiger charge is 2.28. The van der Waals surface area contributed by atoms with Crippen molar-refractivity contribution >= 4 is 55.0 Å². The molecule has 0 spiro atoms. The van der Waals surface area contributed by atoms with Crippen LogP contribution in [0.5, 0.6) is 0 Å². The third kappa shape index (κ3) is 2.16. The van der Waals surface area contributed by atoms with Gasteiger partial charge in [-0.1, -0.05) is 20.8 Å². The lowest BCUT2D eigenvalue weighted by atomic mass is 9.94. The van der Waals surface area contributed by atoms with E-state index in [0.29, 0.717) is 27.6 Å². The Balaban J connectivity index is 2.53. The number of rotatable bonds is 0.